The number of amides is 1. The van der Waals surface area contributed by atoms with Crippen LogP contribution in [0.25, 0.3) is 6.08 Å². The second-order valence-corrected chi connectivity index (χ2v) is 5.75. The standard InChI is InChI=1S/C18H20ClNO4/c1-2-3-8-23-18(22)11-20-17(21)7-4-13-9-14-10-15(19)5-6-16(14)24-12-13/h4-7,9-10H,2-3,8,11-12H2,1H3,(H,20,21). The lowest BCUT2D eigenvalue weighted by atomic mass is 10.1. The van der Waals surface area contributed by atoms with Gasteiger partial charge in [-0.2, -0.15) is 0 Å². The fourth-order valence-electron chi connectivity index (χ4n) is 2.04. The van der Waals surface area contributed by atoms with Crippen molar-refractivity contribution in [3.8, 4) is 5.75 Å². The molecular weight excluding hydrogens is 330 g/mol. The topological polar surface area (TPSA) is 64.6 Å². The molecule has 1 heterocycles. The third-order valence-corrected chi connectivity index (χ3v) is 3.56. The van der Waals surface area contributed by atoms with E-state index in [-0.39, 0.29) is 12.5 Å². The molecule has 2 rings (SSSR count). The predicted molar refractivity (Wildman–Crippen MR) is 92.9 cm³/mol. The molecule has 6 heteroatoms. The van der Waals surface area contributed by atoms with Crippen molar-refractivity contribution in [3.05, 3.63) is 46.5 Å². The fourth-order valence-corrected chi connectivity index (χ4v) is 2.23. The van der Waals surface area contributed by atoms with Crippen molar-refractivity contribution in [2.45, 2.75) is 19.8 Å². The number of esters is 1. The third-order valence-electron chi connectivity index (χ3n) is 3.32. The number of carbonyl (C=O) groups is 2. The van der Waals surface area contributed by atoms with E-state index >= 15 is 0 Å². The van der Waals surface area contributed by atoms with Gasteiger partial charge in [0.05, 0.1) is 6.61 Å². The summed E-state index contributed by atoms with van der Waals surface area (Å²) in [4.78, 5) is 23.1. The van der Waals surface area contributed by atoms with Gasteiger partial charge in [-0.05, 0) is 36.3 Å². The zero-order valence-electron chi connectivity index (χ0n) is 13.5. The summed E-state index contributed by atoms with van der Waals surface area (Å²) in [7, 11) is 0. The summed E-state index contributed by atoms with van der Waals surface area (Å²) < 4.78 is 10.5. The van der Waals surface area contributed by atoms with E-state index < -0.39 is 5.97 Å². The number of halogens is 1. The quantitative estimate of drug-likeness (QED) is 0.466. The highest BCUT2D eigenvalue weighted by molar-refractivity contribution is 6.30. The molecule has 1 aromatic carbocycles. The van der Waals surface area contributed by atoms with Gasteiger partial charge < -0.3 is 14.8 Å². The minimum absolute atomic E-state index is 0.138. The van der Waals surface area contributed by atoms with E-state index in [4.69, 9.17) is 21.1 Å². The zero-order chi connectivity index (χ0) is 17.4. The number of unbranched alkanes of at least 4 members (excludes halogenated alkanes) is 1. The van der Waals surface area contributed by atoms with Gasteiger partial charge in [0.25, 0.3) is 0 Å². The molecule has 1 N–H and O–H groups in total. The Morgan fingerprint density at radius 3 is 3.04 bits per heavy atom. The van der Waals surface area contributed by atoms with E-state index in [1.165, 1.54) is 6.08 Å². The molecule has 1 aliphatic heterocycles. The van der Waals surface area contributed by atoms with Crippen LogP contribution >= 0.6 is 11.6 Å². The molecule has 0 radical (unpaired) electrons. The second-order valence-electron chi connectivity index (χ2n) is 5.32. The van der Waals surface area contributed by atoms with Crippen LogP contribution in [0.4, 0.5) is 0 Å². The maximum absolute atomic E-state index is 11.7. The molecule has 128 valence electrons. The van der Waals surface area contributed by atoms with E-state index in [0.29, 0.717) is 18.2 Å². The molecule has 0 unspecified atom stereocenters. The molecular formula is C18H20ClNO4. The Morgan fingerprint density at radius 1 is 1.42 bits per heavy atom. The van der Waals surface area contributed by atoms with Gasteiger partial charge in [-0.15, -0.1) is 0 Å². The summed E-state index contributed by atoms with van der Waals surface area (Å²) in [6.07, 6.45) is 6.70. The molecule has 1 aliphatic rings. The Labute approximate surface area is 146 Å². The van der Waals surface area contributed by atoms with Crippen molar-refractivity contribution < 1.29 is 19.1 Å². The number of benzene rings is 1. The van der Waals surface area contributed by atoms with Gasteiger partial charge in [-0.25, -0.2) is 0 Å². The Morgan fingerprint density at radius 2 is 2.25 bits per heavy atom. The van der Waals surface area contributed by atoms with E-state index in [1.807, 2.05) is 19.1 Å². The summed E-state index contributed by atoms with van der Waals surface area (Å²) in [5.74, 6) is -0.0370. The van der Waals surface area contributed by atoms with Crippen LogP contribution in [-0.4, -0.2) is 31.6 Å². The van der Waals surface area contributed by atoms with Gasteiger partial charge in [0, 0.05) is 16.7 Å². The molecule has 0 spiro atoms. The van der Waals surface area contributed by atoms with Crippen LogP contribution in [-0.2, 0) is 14.3 Å². The maximum atomic E-state index is 11.7. The lowest BCUT2D eigenvalue weighted by Crippen LogP contribution is -2.29. The average Bonchev–Trinajstić information content (AvgIpc) is 2.58. The first-order chi connectivity index (χ1) is 11.6. The van der Waals surface area contributed by atoms with Gasteiger partial charge in [0.1, 0.15) is 18.9 Å². The van der Waals surface area contributed by atoms with Crippen molar-refractivity contribution in [1.29, 1.82) is 0 Å². The number of carbonyl (C=O) groups excluding carboxylic acids is 2. The monoisotopic (exact) mass is 349 g/mol. The summed E-state index contributed by atoms with van der Waals surface area (Å²) in [6.45, 7) is 2.63. The van der Waals surface area contributed by atoms with Crippen molar-refractivity contribution >= 4 is 29.6 Å². The Hall–Kier alpha value is -2.27. The van der Waals surface area contributed by atoms with Crippen LogP contribution in [0.1, 0.15) is 25.3 Å². The highest BCUT2D eigenvalue weighted by Gasteiger charge is 2.10. The first kappa shape index (κ1) is 18.1. The summed E-state index contributed by atoms with van der Waals surface area (Å²) >= 11 is 5.96. The van der Waals surface area contributed by atoms with Gasteiger partial charge >= 0.3 is 5.97 Å². The zero-order valence-corrected chi connectivity index (χ0v) is 14.3. The summed E-state index contributed by atoms with van der Waals surface area (Å²) in [5, 5.41) is 3.11. The van der Waals surface area contributed by atoms with Crippen LogP contribution in [0, 0.1) is 0 Å². The number of hydrogen-bond donors (Lipinski definition) is 1. The van der Waals surface area contributed by atoms with Crippen molar-refractivity contribution in [2.24, 2.45) is 0 Å². The van der Waals surface area contributed by atoms with Crippen LogP contribution in [0.2, 0.25) is 5.02 Å². The summed E-state index contributed by atoms with van der Waals surface area (Å²) in [5.41, 5.74) is 1.71. The van der Waals surface area contributed by atoms with Crippen molar-refractivity contribution in [1.82, 2.24) is 5.32 Å². The number of rotatable bonds is 7. The fraction of sp³-hybridized carbons (Fsp3) is 0.333. The molecule has 0 aliphatic carbocycles. The first-order valence-corrected chi connectivity index (χ1v) is 8.20. The van der Waals surface area contributed by atoms with Gasteiger partial charge in [-0.1, -0.05) is 31.0 Å². The summed E-state index contributed by atoms with van der Waals surface area (Å²) in [6, 6.07) is 5.38. The third kappa shape index (κ3) is 5.74. The van der Waals surface area contributed by atoms with Crippen molar-refractivity contribution in [2.75, 3.05) is 19.8 Å². The maximum Gasteiger partial charge on any atom is 0.325 e. The predicted octanol–water partition coefficient (Wildman–Crippen LogP) is 3.13. The smallest absolute Gasteiger partial charge is 0.325 e. The van der Waals surface area contributed by atoms with E-state index in [0.717, 1.165) is 29.7 Å². The molecule has 0 saturated carbocycles. The van der Waals surface area contributed by atoms with Crippen LogP contribution in [0.15, 0.2) is 35.9 Å². The highest BCUT2D eigenvalue weighted by atomic mass is 35.5. The molecule has 0 fully saturated rings. The first-order valence-electron chi connectivity index (χ1n) is 7.83. The largest absolute Gasteiger partial charge is 0.488 e. The average molecular weight is 350 g/mol. The number of hydrogen-bond acceptors (Lipinski definition) is 4. The van der Waals surface area contributed by atoms with E-state index in [9.17, 15) is 9.59 Å². The number of fused-ring (bicyclic) bond motifs is 1. The Balaban J connectivity index is 1.83. The Bertz CT molecular complexity index is 667. The molecule has 1 amide bonds. The van der Waals surface area contributed by atoms with E-state index in [1.54, 1.807) is 18.2 Å². The molecule has 24 heavy (non-hydrogen) atoms. The molecule has 0 aromatic heterocycles. The van der Waals surface area contributed by atoms with Crippen molar-refractivity contribution in [3.63, 3.8) is 0 Å². The lowest BCUT2D eigenvalue weighted by Gasteiger charge is -2.16. The minimum atomic E-state index is -0.436. The molecule has 0 saturated heterocycles. The normalized spacial score (nSPS) is 13.0. The lowest BCUT2D eigenvalue weighted by molar-refractivity contribution is -0.143. The van der Waals surface area contributed by atoms with Crippen LogP contribution in [0.5, 0.6) is 5.75 Å². The molecule has 5 nitrogen and oxygen atoms in total. The SMILES string of the molecule is CCCCOC(=O)CNC(=O)C=CC1=Cc2cc(Cl)ccc2OC1. The van der Waals surface area contributed by atoms with Crippen LogP contribution < -0.4 is 10.1 Å². The van der Waals surface area contributed by atoms with Gasteiger partial charge in [0.15, 0.2) is 0 Å². The minimum Gasteiger partial charge on any atom is -0.488 e. The van der Waals surface area contributed by atoms with Gasteiger partial charge in [-0.3, -0.25) is 9.59 Å². The van der Waals surface area contributed by atoms with Crippen LogP contribution in [0.3, 0.4) is 0 Å². The number of nitrogens with one attached hydrogen (secondary N) is 1. The van der Waals surface area contributed by atoms with E-state index in [2.05, 4.69) is 5.32 Å². The molecule has 0 atom stereocenters. The molecule has 1 aromatic rings. The highest BCUT2D eigenvalue weighted by Crippen LogP contribution is 2.29. The number of ether oxygens (including phenoxy) is 2. The Kier molecular flexibility index (Phi) is 6.88. The molecule has 0 bridgehead atoms. The van der Waals surface area contributed by atoms with Gasteiger partial charge in [0.2, 0.25) is 5.91 Å². The second kappa shape index (κ2) is 9.13.